The Kier molecular flexibility index (Phi) is 13.8. The van der Waals surface area contributed by atoms with Gasteiger partial charge in [0.1, 0.15) is 35.2 Å². The molecule has 2 aromatic carbocycles. The number of nitrogens with zero attached hydrogens (tertiary/aromatic N) is 3. The standard InChI is InChI=1S/C14H12F2N2O3.C13H9F2N3O5.2Na.O4S2/c1-5-4-21-14-10(16)9(15)11(17)8-12(14)18(5)3-7(6(2)19)13(8)20;1-4-3-23-12-8(15)7(14)9(18(21)22)6-10(12)17(4)2-5(11(6)19)13(16)20;;;1-5(2)6(3)4/h3,5H,4,17H2,1-2H3;2,4H,3H2,1H3,(H2,16,20);;;/t5-;4-;;;/m00.../s1. The van der Waals surface area contributed by atoms with E-state index in [1.807, 2.05) is 0 Å². The molecular weight excluding hydrogens is 772 g/mol. The third-order valence-corrected chi connectivity index (χ3v) is 8.35. The molecule has 0 aliphatic carbocycles. The number of ketones is 1. The molecule has 0 spiro atoms. The molecule has 2 atom stereocenters. The number of nitro groups is 1. The number of ether oxygens (including phenoxy) is 2. The van der Waals surface area contributed by atoms with Crippen molar-refractivity contribution in [3.63, 3.8) is 0 Å². The van der Waals surface area contributed by atoms with Gasteiger partial charge in [0.15, 0.2) is 23.1 Å². The zero-order valence-corrected chi connectivity index (χ0v) is 33.1. The van der Waals surface area contributed by atoms with Gasteiger partial charge in [0.05, 0.1) is 33.6 Å². The van der Waals surface area contributed by atoms with Gasteiger partial charge in [0.25, 0.3) is 5.91 Å². The summed E-state index contributed by atoms with van der Waals surface area (Å²) in [5, 5.41) is 10.2. The van der Waals surface area contributed by atoms with Gasteiger partial charge in [-0.3, -0.25) is 29.3 Å². The van der Waals surface area contributed by atoms with Gasteiger partial charge >= 0.3 is 67.8 Å². The van der Waals surface area contributed by atoms with Crippen molar-refractivity contribution in [3.05, 3.63) is 77.4 Å². The zero-order chi connectivity index (χ0) is 39.7. The fourth-order valence-electron chi connectivity index (χ4n) is 5.17. The van der Waals surface area contributed by atoms with Crippen LogP contribution in [0, 0.1) is 33.4 Å². The van der Waals surface area contributed by atoms with Crippen molar-refractivity contribution in [3.8, 4) is 11.5 Å². The summed E-state index contributed by atoms with van der Waals surface area (Å²) in [7, 11) is -5.90. The fourth-order valence-corrected chi connectivity index (χ4v) is 5.17. The summed E-state index contributed by atoms with van der Waals surface area (Å²) in [6.45, 7) is 4.65. The van der Waals surface area contributed by atoms with Gasteiger partial charge in [0, 0.05) is 12.4 Å². The Balaban J connectivity index is 0.000000234. The zero-order valence-electron chi connectivity index (χ0n) is 27.4. The molecular formula is C27H21F4N5Na2O12S2. The number of rotatable bonds is 3. The maximum atomic E-state index is 14.1. The fraction of sp³-hybridized carbons (Fsp3) is 0.259. The molecule has 6 rings (SSSR count). The van der Waals surface area contributed by atoms with Crippen LogP contribution in [-0.2, 0) is 18.5 Å². The molecule has 2 aliphatic heterocycles. The monoisotopic (exact) mass is 793 g/mol. The van der Waals surface area contributed by atoms with Crippen LogP contribution in [-0.4, -0.2) is 99.4 Å². The molecule has 2 aromatic heterocycles. The number of halogens is 4. The Labute approximate surface area is 318 Å². The Morgan fingerprint density at radius 1 is 0.827 bits per heavy atom. The molecule has 1 amide bonds. The van der Waals surface area contributed by atoms with Crippen molar-refractivity contribution >= 4 is 107 Å². The molecule has 4 aromatic rings. The minimum absolute atomic E-state index is 0.0721. The number of benzene rings is 2. The summed E-state index contributed by atoms with van der Waals surface area (Å²) < 4.78 is 105. The van der Waals surface area contributed by atoms with Crippen LogP contribution in [0.3, 0.4) is 0 Å². The van der Waals surface area contributed by atoms with Crippen molar-refractivity contribution in [2.45, 2.75) is 32.9 Å². The molecule has 25 heteroatoms. The second kappa shape index (κ2) is 16.9. The molecule has 0 saturated heterocycles. The number of carbonyl (C=O) groups excluding carboxylic acids is 2. The van der Waals surface area contributed by atoms with Crippen LogP contribution in [0.15, 0.2) is 22.0 Å². The Bertz CT molecular complexity index is 2560. The van der Waals surface area contributed by atoms with E-state index in [2.05, 4.69) is 0 Å². The Hall–Kier alpha value is -3.84. The van der Waals surface area contributed by atoms with Crippen molar-refractivity contribution in [1.82, 2.24) is 9.13 Å². The van der Waals surface area contributed by atoms with E-state index < -0.39 is 103 Å². The molecule has 0 radical (unpaired) electrons. The van der Waals surface area contributed by atoms with E-state index in [1.54, 1.807) is 13.8 Å². The number of amides is 1. The third-order valence-electron chi connectivity index (χ3n) is 7.46. The van der Waals surface area contributed by atoms with Crippen molar-refractivity contribution in [2.75, 3.05) is 18.9 Å². The first-order valence-electron chi connectivity index (χ1n) is 14.6. The van der Waals surface area contributed by atoms with Crippen LogP contribution in [0.5, 0.6) is 11.5 Å². The quantitative estimate of drug-likeness (QED) is 0.0738. The normalized spacial score (nSPS) is 15.0. The number of Topliss-reactive ketones (excluding diaryl/α,β-unsaturated/α-hetero) is 1. The molecule has 2 aliphatic rings. The molecule has 0 bridgehead atoms. The van der Waals surface area contributed by atoms with E-state index in [1.165, 1.54) is 65.9 Å². The van der Waals surface area contributed by atoms with Crippen molar-refractivity contribution < 1.29 is 58.4 Å². The summed E-state index contributed by atoms with van der Waals surface area (Å²) in [5.74, 6) is -8.48. The van der Waals surface area contributed by atoms with E-state index in [9.17, 15) is 46.9 Å². The van der Waals surface area contributed by atoms with E-state index in [4.69, 9.17) is 37.8 Å². The van der Waals surface area contributed by atoms with Gasteiger partial charge < -0.3 is 30.1 Å². The number of pyridine rings is 2. The minimum atomic E-state index is -2.95. The summed E-state index contributed by atoms with van der Waals surface area (Å²) in [4.78, 5) is 57.6. The van der Waals surface area contributed by atoms with Gasteiger partial charge in [0.2, 0.25) is 28.3 Å². The first-order valence-corrected chi connectivity index (χ1v) is 25.3. The van der Waals surface area contributed by atoms with E-state index in [0.717, 1.165) is 6.20 Å². The molecule has 52 heavy (non-hydrogen) atoms. The average molecular weight is 794 g/mol. The van der Waals surface area contributed by atoms with Crippen LogP contribution in [0.4, 0.5) is 28.9 Å². The average Bonchev–Trinajstić information content (AvgIpc) is 3.08. The molecule has 0 fully saturated rings. The number of hydrogen-bond acceptors (Lipinski definition) is 13. The second-order valence-corrected chi connectivity index (χ2v) is 13.0. The molecule has 268 valence electrons. The van der Waals surface area contributed by atoms with Crippen LogP contribution < -0.4 is 31.8 Å². The first kappa shape index (κ1) is 42.6. The number of aromatic nitrogens is 2. The van der Waals surface area contributed by atoms with Crippen LogP contribution in [0.25, 0.3) is 21.8 Å². The number of primary amides is 1. The Morgan fingerprint density at radius 2 is 1.23 bits per heavy atom. The van der Waals surface area contributed by atoms with Crippen molar-refractivity contribution in [2.24, 2.45) is 5.73 Å². The van der Waals surface area contributed by atoms with Crippen LogP contribution in [0.1, 0.15) is 53.6 Å². The summed E-state index contributed by atoms with van der Waals surface area (Å²) in [6, 6.07) is -0.726. The Morgan fingerprint density at radius 3 is 1.63 bits per heavy atom. The summed E-state index contributed by atoms with van der Waals surface area (Å²) in [5.41, 5.74) is 5.99. The molecule has 4 N–H and O–H groups in total. The number of nitrogen functional groups attached to an aromatic ring is 1. The van der Waals surface area contributed by atoms with Gasteiger partial charge in [-0.25, -0.2) is 4.39 Å². The topological polar surface area (TPSA) is 260 Å². The van der Waals surface area contributed by atoms with Crippen LogP contribution in [0.2, 0.25) is 0 Å². The van der Waals surface area contributed by atoms with Gasteiger partial charge in [-0.2, -0.15) is 30.0 Å². The predicted octanol–water partition coefficient (Wildman–Crippen LogP) is 1.16. The molecule has 4 heterocycles. The second-order valence-electron chi connectivity index (χ2n) is 10.6. The molecule has 0 unspecified atom stereocenters. The summed E-state index contributed by atoms with van der Waals surface area (Å²) >= 11 is 2.89. The molecule has 0 saturated carbocycles. The van der Waals surface area contributed by atoms with Crippen molar-refractivity contribution in [1.29, 1.82) is 0 Å². The molecule has 17 nitrogen and oxygen atoms in total. The summed E-state index contributed by atoms with van der Waals surface area (Å²) in [6.07, 6.45) is 2.42. The van der Waals surface area contributed by atoms with E-state index in [-0.39, 0.29) is 47.0 Å². The SMILES string of the molecule is CC(=O)c1cn2c3c(c(F)c(F)c(N)c3c1=O)OC[C@@H]2C.C[C@H]1COc2c(F)c(F)c([N+](=O)[O-])c3c(=O)c(C(N)=O)cn1c23.O=S(=O)=S(=O)=O.[Na][Na]. The maximum absolute atomic E-state index is 14.1. The number of nitro benzene ring substituents is 1. The number of carbonyl (C=O) groups is 2. The van der Waals surface area contributed by atoms with Gasteiger partial charge in [-0.15, -0.1) is 0 Å². The van der Waals surface area contributed by atoms with Gasteiger partial charge in [-0.1, -0.05) is 0 Å². The van der Waals surface area contributed by atoms with E-state index in [0.29, 0.717) is 0 Å². The number of nitrogens with two attached hydrogens (primary N) is 2. The van der Waals surface area contributed by atoms with Gasteiger partial charge in [-0.05, 0) is 20.8 Å². The first-order chi connectivity index (χ1) is 24.2. The van der Waals surface area contributed by atoms with E-state index >= 15 is 0 Å². The predicted molar refractivity (Wildman–Crippen MR) is 176 cm³/mol. The number of anilines is 1. The number of hydrogen-bond donors (Lipinski definition) is 2. The van der Waals surface area contributed by atoms with Crippen LogP contribution >= 0.6 is 0 Å². The third kappa shape index (κ3) is 7.76.